The van der Waals surface area contributed by atoms with Crippen molar-refractivity contribution in [1.29, 1.82) is 0 Å². The van der Waals surface area contributed by atoms with Crippen LogP contribution in [0, 0.1) is 0 Å². The molecule has 0 aromatic heterocycles. The molecule has 0 bridgehead atoms. The molecule has 3 nitrogen and oxygen atoms in total. The Hall–Kier alpha value is -1.06. The van der Waals surface area contributed by atoms with Gasteiger partial charge in [0.1, 0.15) is 0 Å². The van der Waals surface area contributed by atoms with Crippen molar-refractivity contribution in [3.63, 3.8) is 0 Å². The highest BCUT2D eigenvalue weighted by Gasteiger charge is 2.28. The molecule has 1 aromatic rings. The number of piperidine rings is 1. The van der Waals surface area contributed by atoms with E-state index in [9.17, 15) is 5.11 Å². The maximum atomic E-state index is 9.57. The molecule has 20 heavy (non-hydrogen) atoms. The summed E-state index contributed by atoms with van der Waals surface area (Å²) in [6, 6.07) is 9.15. The molecule has 110 valence electrons. The van der Waals surface area contributed by atoms with Crippen molar-refractivity contribution in [2.24, 2.45) is 0 Å². The Balaban J connectivity index is 1.61. The molecular weight excluding hydrogens is 248 g/mol. The van der Waals surface area contributed by atoms with Gasteiger partial charge in [0.15, 0.2) is 0 Å². The Morgan fingerprint density at radius 1 is 1.05 bits per heavy atom. The Bertz CT molecular complexity index is 423. The van der Waals surface area contributed by atoms with Crippen LogP contribution in [0.15, 0.2) is 24.3 Å². The summed E-state index contributed by atoms with van der Waals surface area (Å²) in [5.74, 6) is 0. The third-order valence-electron chi connectivity index (χ3n) is 4.81. The molecule has 0 amide bonds. The molecule has 0 saturated carbocycles. The highest BCUT2D eigenvalue weighted by atomic mass is 16.3. The zero-order valence-electron chi connectivity index (χ0n) is 12.5. The largest absolute Gasteiger partial charge is 0.389 e. The molecule has 1 aromatic carbocycles. The number of benzene rings is 1. The minimum atomic E-state index is -0.372. The Kier molecular flexibility index (Phi) is 4.27. The minimum absolute atomic E-state index is 0.372. The molecule has 1 unspecified atom stereocenters. The summed E-state index contributed by atoms with van der Waals surface area (Å²) in [4.78, 5) is 5.18. The van der Waals surface area contributed by atoms with E-state index in [4.69, 9.17) is 0 Å². The lowest BCUT2D eigenvalue weighted by atomic mass is 10.1. The molecule has 3 rings (SSSR count). The van der Waals surface area contributed by atoms with Gasteiger partial charge in [0, 0.05) is 24.8 Å². The molecule has 2 aliphatic rings. The fourth-order valence-corrected chi connectivity index (χ4v) is 3.52. The average molecular weight is 274 g/mol. The van der Waals surface area contributed by atoms with Crippen molar-refractivity contribution in [2.75, 3.05) is 31.1 Å². The number of aliphatic hydroxyl groups excluding tert-OH is 1. The predicted octanol–water partition coefficient (Wildman–Crippen LogP) is 2.80. The molecule has 0 aliphatic carbocycles. The number of likely N-dealkylation sites (tertiary alicyclic amines) is 1. The van der Waals surface area contributed by atoms with E-state index in [0.29, 0.717) is 0 Å². The fraction of sp³-hybridized carbons (Fsp3) is 0.647. The zero-order valence-corrected chi connectivity index (χ0v) is 12.5. The van der Waals surface area contributed by atoms with Crippen molar-refractivity contribution >= 4 is 5.69 Å². The van der Waals surface area contributed by atoms with Crippen LogP contribution in [0.2, 0.25) is 0 Å². The van der Waals surface area contributed by atoms with Crippen LogP contribution < -0.4 is 4.90 Å². The van der Waals surface area contributed by atoms with E-state index in [1.165, 1.54) is 44.5 Å². The van der Waals surface area contributed by atoms with Gasteiger partial charge in [-0.3, -0.25) is 4.90 Å². The molecule has 2 atom stereocenters. The van der Waals surface area contributed by atoms with E-state index in [2.05, 4.69) is 21.9 Å². The Morgan fingerprint density at radius 3 is 2.40 bits per heavy atom. The fourth-order valence-electron chi connectivity index (χ4n) is 3.52. The van der Waals surface area contributed by atoms with E-state index < -0.39 is 0 Å². The van der Waals surface area contributed by atoms with E-state index >= 15 is 0 Å². The summed E-state index contributed by atoms with van der Waals surface area (Å²) in [5.41, 5.74) is 2.30. The predicted molar refractivity (Wildman–Crippen MR) is 83.1 cm³/mol. The third kappa shape index (κ3) is 2.99. The maximum Gasteiger partial charge on any atom is 0.0761 e. The molecule has 0 spiro atoms. The standard InChI is InChI=1S/C17H26N2O/c1-14(20)15-5-7-16(8-6-15)19-12-9-17(13-19)18-10-3-2-4-11-18/h5-8,14,17,20H,2-4,9-13H2,1H3/t14-,17?/m0/s1. The van der Waals surface area contributed by atoms with Crippen LogP contribution in [0.3, 0.4) is 0 Å². The first-order chi connectivity index (χ1) is 9.74. The first kappa shape index (κ1) is 13.9. The lowest BCUT2D eigenvalue weighted by Crippen LogP contribution is -2.40. The third-order valence-corrected chi connectivity index (χ3v) is 4.81. The van der Waals surface area contributed by atoms with Gasteiger partial charge in [0.05, 0.1) is 6.10 Å². The van der Waals surface area contributed by atoms with Gasteiger partial charge in [-0.2, -0.15) is 0 Å². The number of nitrogens with zero attached hydrogens (tertiary/aromatic N) is 2. The van der Waals surface area contributed by atoms with Crippen LogP contribution in [0.4, 0.5) is 5.69 Å². The highest BCUT2D eigenvalue weighted by molar-refractivity contribution is 5.49. The topological polar surface area (TPSA) is 26.7 Å². The smallest absolute Gasteiger partial charge is 0.0761 e. The second kappa shape index (κ2) is 6.15. The van der Waals surface area contributed by atoms with Crippen LogP contribution in [0.25, 0.3) is 0 Å². The number of hydrogen-bond donors (Lipinski definition) is 1. The maximum absolute atomic E-state index is 9.57. The molecule has 0 radical (unpaired) electrons. The molecule has 2 heterocycles. The summed E-state index contributed by atoms with van der Waals surface area (Å²) in [7, 11) is 0. The van der Waals surface area contributed by atoms with Gasteiger partial charge in [-0.1, -0.05) is 18.6 Å². The molecule has 2 aliphatic heterocycles. The molecule has 3 heteroatoms. The Morgan fingerprint density at radius 2 is 1.75 bits per heavy atom. The van der Waals surface area contributed by atoms with Gasteiger partial charge in [-0.15, -0.1) is 0 Å². The summed E-state index contributed by atoms with van der Waals surface area (Å²) in [6.45, 7) is 6.72. The van der Waals surface area contributed by atoms with E-state index in [-0.39, 0.29) is 6.10 Å². The van der Waals surface area contributed by atoms with Gasteiger partial charge in [-0.25, -0.2) is 0 Å². The SMILES string of the molecule is C[C@H](O)c1ccc(N2CCC(N3CCCCC3)C2)cc1. The van der Waals surface area contributed by atoms with Gasteiger partial charge >= 0.3 is 0 Å². The van der Waals surface area contributed by atoms with E-state index in [1.807, 2.05) is 19.1 Å². The number of aliphatic hydroxyl groups is 1. The van der Waals surface area contributed by atoms with Gasteiger partial charge in [0.25, 0.3) is 0 Å². The lowest BCUT2D eigenvalue weighted by molar-refractivity contribution is 0.175. The second-order valence-electron chi connectivity index (χ2n) is 6.25. The summed E-state index contributed by atoms with van der Waals surface area (Å²) in [6.07, 6.45) is 5.08. The quantitative estimate of drug-likeness (QED) is 0.918. The highest BCUT2D eigenvalue weighted by Crippen LogP contribution is 2.26. The van der Waals surface area contributed by atoms with Crippen LogP contribution in [0.1, 0.15) is 44.3 Å². The summed E-state index contributed by atoms with van der Waals surface area (Å²) < 4.78 is 0. The summed E-state index contributed by atoms with van der Waals surface area (Å²) >= 11 is 0. The average Bonchev–Trinajstić information content (AvgIpc) is 2.98. The molecular formula is C17H26N2O. The molecule has 2 saturated heterocycles. The number of anilines is 1. The lowest BCUT2D eigenvalue weighted by Gasteiger charge is -2.32. The summed E-state index contributed by atoms with van der Waals surface area (Å²) in [5, 5.41) is 9.57. The first-order valence-electron chi connectivity index (χ1n) is 8.01. The van der Waals surface area contributed by atoms with Crippen molar-refractivity contribution in [2.45, 2.75) is 44.8 Å². The van der Waals surface area contributed by atoms with E-state index in [1.54, 1.807) is 0 Å². The normalized spacial score (nSPS) is 25.9. The monoisotopic (exact) mass is 274 g/mol. The van der Waals surface area contributed by atoms with E-state index in [0.717, 1.165) is 24.7 Å². The molecule has 1 N–H and O–H groups in total. The van der Waals surface area contributed by atoms with Crippen molar-refractivity contribution < 1.29 is 5.11 Å². The van der Waals surface area contributed by atoms with Gasteiger partial charge < -0.3 is 10.0 Å². The Labute approximate surface area is 122 Å². The van der Waals surface area contributed by atoms with Crippen molar-refractivity contribution in [3.05, 3.63) is 29.8 Å². The molecule has 2 fully saturated rings. The van der Waals surface area contributed by atoms with Gasteiger partial charge in [0.2, 0.25) is 0 Å². The minimum Gasteiger partial charge on any atom is -0.389 e. The first-order valence-corrected chi connectivity index (χ1v) is 8.01. The van der Waals surface area contributed by atoms with Crippen LogP contribution >= 0.6 is 0 Å². The van der Waals surface area contributed by atoms with Crippen LogP contribution in [-0.2, 0) is 0 Å². The zero-order chi connectivity index (χ0) is 13.9. The number of hydrogen-bond acceptors (Lipinski definition) is 3. The number of rotatable bonds is 3. The van der Waals surface area contributed by atoms with Crippen molar-refractivity contribution in [1.82, 2.24) is 4.90 Å². The second-order valence-corrected chi connectivity index (χ2v) is 6.25. The van der Waals surface area contributed by atoms with Crippen LogP contribution in [-0.4, -0.2) is 42.2 Å². The van der Waals surface area contributed by atoms with Crippen molar-refractivity contribution in [3.8, 4) is 0 Å². The van der Waals surface area contributed by atoms with Crippen LogP contribution in [0.5, 0.6) is 0 Å². The van der Waals surface area contributed by atoms with Gasteiger partial charge in [-0.05, 0) is 57.0 Å².